The van der Waals surface area contributed by atoms with Gasteiger partial charge in [-0.2, -0.15) is 0 Å². The fourth-order valence-electron chi connectivity index (χ4n) is 0. The van der Waals surface area contributed by atoms with Crippen molar-refractivity contribution < 1.29 is 75.0 Å². The van der Waals surface area contributed by atoms with Crippen LogP contribution in [0.15, 0.2) is 0 Å². The molecule has 0 saturated heterocycles. The van der Waals surface area contributed by atoms with E-state index >= 15 is 0 Å². The van der Waals surface area contributed by atoms with Crippen LogP contribution in [0.4, 0.5) is 24.0 Å². The molecule has 0 aliphatic heterocycles. The van der Waals surface area contributed by atoms with Crippen molar-refractivity contribution in [3.05, 3.63) is 0 Å². The standard InChI is InChI=1S/5CH2O3.114Ba/c5*2-1(3)4;;;;;;;;;;;;;;;;;;;;;;;;;;;;;;;;;;;;;;;;;;;;;;;;;;;;;;;;;;;;;;;;;;;;;;;;;;;;;;;;;;;;;;;;;;;;;;;;;;;;;;;;;;;;;;;;;;/h5*(H2,2,3,4);;;;;;;;;;;;;;;;;;;;;;;;;;;;;;;;;;;;;;;;;;;;;;;;;;;;;;;;;;;;;;;;;;;;;;;;;;;;;;;;;;;;;;;;;;;;;;;;;;;;;;;;;;;;;;;;;;/q;;;;;114*+2. The quantitative estimate of drug-likeness (QED) is 0.101. The van der Waals surface area contributed by atoms with Gasteiger partial charge in [-0.15, -0.1) is 0 Å². The Labute approximate surface area is 5420 Å². The number of carbonyl (C=O) groups is 5. The maximum Gasteiger partial charge on any atom is 2.00 e. The minimum Gasteiger partial charge on any atom is -0.450 e. The summed E-state index contributed by atoms with van der Waals surface area (Å²) >= 11 is 0. The van der Waals surface area contributed by atoms with E-state index in [2.05, 4.69) is 0 Å². The van der Waals surface area contributed by atoms with E-state index < -0.39 is 30.8 Å². The minimum absolute atomic E-state index is 0. The fourth-order valence-corrected chi connectivity index (χ4v) is 0. The van der Waals surface area contributed by atoms with Gasteiger partial charge in [0.05, 0.1) is 0 Å². The Hall–Kier alpha value is 175. The van der Waals surface area contributed by atoms with E-state index in [0.717, 1.165) is 0 Å². The summed E-state index contributed by atoms with van der Waals surface area (Å²) < 4.78 is 0. The van der Waals surface area contributed by atoms with Crippen LogP contribution in [-0.4, -0.2) is 5650 Å². The first-order chi connectivity index (χ1) is 8.66. The normalized spacial score (nSPS) is 0.896. The molecule has 120 valence electrons. The van der Waals surface area contributed by atoms with Crippen LogP contribution in [0, 0.1) is 0 Å². The third-order valence-corrected chi connectivity index (χ3v) is 0. The summed E-state index contributed by atoms with van der Waals surface area (Å²) in [4.78, 5) is 42.8. The molecule has 0 rings (SSSR count). The molecule has 0 aromatic heterocycles. The van der Waals surface area contributed by atoms with Gasteiger partial charge in [-0.1, -0.05) is 0 Å². The van der Waals surface area contributed by atoms with Gasteiger partial charge in [0.15, 0.2) is 0 Å². The molecule has 0 saturated carbocycles. The second-order valence-electron chi connectivity index (χ2n) is 1.41. The first-order valence-corrected chi connectivity index (χ1v) is 3.26. The van der Waals surface area contributed by atoms with Gasteiger partial charge in [0, 0.05) is 0 Å². The summed E-state index contributed by atoms with van der Waals surface area (Å²) in [5.74, 6) is 0. The molecular formula is C5H10Ba114O15+228. The molecule has 0 aliphatic carbocycles. The van der Waals surface area contributed by atoms with E-state index in [-0.39, 0.29) is 5570 Å². The van der Waals surface area contributed by atoms with Crippen molar-refractivity contribution in [3.8, 4) is 0 Å². The molecule has 15 nitrogen and oxygen atoms in total. The third-order valence-electron chi connectivity index (χ3n) is 0. The molecule has 129 heteroatoms. The van der Waals surface area contributed by atoms with Crippen molar-refractivity contribution in [2.45, 2.75) is 0 Å². The summed E-state index contributed by atoms with van der Waals surface area (Å²) in [5, 5.41) is 69.7. The van der Waals surface area contributed by atoms with Crippen molar-refractivity contribution in [2.24, 2.45) is 0 Å². The molecular weight excluding hydrogens is 16000 g/mol. The smallest absolute Gasteiger partial charge is 0.450 e. The van der Waals surface area contributed by atoms with E-state index in [9.17, 15) is 0 Å². The largest absolute Gasteiger partial charge is 2.00 e. The van der Waals surface area contributed by atoms with Crippen LogP contribution in [0.3, 0.4) is 0 Å². The maximum atomic E-state index is 8.56. The topological polar surface area (TPSA) is 288 Å². The Kier molecular flexibility index (Phi) is 4870. The number of carboxylic acid groups (broad SMARTS) is 10. The predicted molar refractivity (Wildman–Crippen MR) is 709 cm³/mol. The average Bonchev–Trinajstić information content (AvgIpc) is 1.94. The second kappa shape index (κ2) is 804. The van der Waals surface area contributed by atoms with Gasteiger partial charge in [-0.3, -0.25) is 0 Å². The molecule has 0 amide bonds. The van der Waals surface area contributed by atoms with Crippen LogP contribution in [0.1, 0.15) is 0 Å². The van der Waals surface area contributed by atoms with Crippen LogP contribution in [0.5, 0.6) is 0 Å². The molecule has 0 fully saturated rings. The van der Waals surface area contributed by atoms with Gasteiger partial charge in [-0.25, -0.2) is 24.0 Å². The van der Waals surface area contributed by atoms with Crippen molar-refractivity contribution in [3.63, 3.8) is 0 Å². The van der Waals surface area contributed by atoms with Gasteiger partial charge < -0.3 is 51.1 Å². The van der Waals surface area contributed by atoms with Crippen molar-refractivity contribution in [2.75, 3.05) is 0 Å². The van der Waals surface area contributed by atoms with Crippen LogP contribution in [-0.2, 0) is 0 Å². The molecule has 0 radical (unpaired) electrons. The average molecular weight is 16000 g/mol. The van der Waals surface area contributed by atoms with Crippen LogP contribution < -0.4 is 0 Å². The van der Waals surface area contributed by atoms with Gasteiger partial charge >= 0.3 is 5600 Å². The molecule has 0 heterocycles. The maximum absolute atomic E-state index is 8.56. The van der Waals surface area contributed by atoms with Crippen molar-refractivity contribution in [1.29, 1.82) is 0 Å². The SMILES string of the molecule is O=C(O)O.O=C(O)O.O=C(O)O.O=C(O)O.O=C(O)O.[Ba+2].[Ba+2].[Ba+2].[Ba+2].[Ba+2].[Ba+2].[Ba+2].[Ba+2].[Ba+2].[Ba+2].[Ba+2].[Ba+2].[Ba+2].[Ba+2].[Ba+2].[Ba+2].[Ba+2].[Ba+2].[Ba+2].[Ba+2].[Ba+2].[Ba+2].[Ba+2].[Ba+2].[Ba+2].[Ba+2].[Ba+2].[Ba+2].[Ba+2].[Ba+2].[Ba+2].[Ba+2].[Ba+2].[Ba+2].[Ba+2].[Ba+2].[Ba+2].[Ba+2].[Ba+2].[Ba+2].[Ba+2].[Ba+2].[Ba+2].[Ba+2].[Ba+2].[Ba+2].[Ba+2].[Ba+2].[Ba+2].[Ba+2].[Ba+2].[Ba+2].[Ba+2].[Ba+2].[Ba+2].[Ba+2].[Ba+2].[Ba+2].[Ba+2].[Ba+2].[Ba+2].[Ba+2].[Ba+2].[Ba+2].[Ba+2].[Ba+2].[Ba+2].[Ba+2].[Ba+2].[Ba+2].[Ba+2].[Ba+2].[Ba+2].[Ba+2].[Ba+2].[Ba+2].[Ba+2].[Ba+2].[Ba+2].[Ba+2].[Ba+2].[Ba+2].[Ba+2].[Ba+2].[Ba+2].[Ba+2].[Ba+2].[Ba+2].[Ba+2].[Ba+2].[Ba+2].[Ba+2].[Ba+2].[Ba+2].[Ba+2].[Ba+2].[Ba+2].[Ba+2].[Ba+2].[Ba+2].[Ba+2].[Ba+2].[Ba+2].[Ba+2].[Ba+2].[Ba+2].[Ba+2].[Ba+2].[Ba+2].[Ba+2].[Ba+2].[Ba+2].[Ba+2].[Ba+2]. The first kappa shape index (κ1) is 812. The first-order valence-electron chi connectivity index (χ1n) is 3.26. The molecule has 0 aromatic carbocycles. The number of rotatable bonds is 0. The zero-order valence-corrected chi connectivity index (χ0v) is 596. The Morgan fingerprint density at radius 3 is 0.0522 bits per heavy atom. The number of hydrogen-bond acceptors (Lipinski definition) is 5. The summed E-state index contributed by atoms with van der Waals surface area (Å²) in [7, 11) is 0. The summed E-state index contributed by atoms with van der Waals surface area (Å²) in [6.45, 7) is 0. The molecule has 0 aromatic rings. The number of hydrogen-bond donors (Lipinski definition) is 10. The summed E-state index contributed by atoms with van der Waals surface area (Å²) in [6.07, 6.45) is -9.17. The second-order valence-corrected chi connectivity index (χ2v) is 1.41. The Morgan fingerprint density at radius 1 is 0.0522 bits per heavy atom. The van der Waals surface area contributed by atoms with Crippen molar-refractivity contribution >= 4 is 5600 Å². The van der Waals surface area contributed by atoms with Gasteiger partial charge in [0.1, 0.15) is 0 Å². The Morgan fingerprint density at radius 2 is 0.0522 bits per heavy atom. The van der Waals surface area contributed by atoms with E-state index in [1.807, 2.05) is 0 Å². The van der Waals surface area contributed by atoms with Gasteiger partial charge in [-0.05, 0) is 0 Å². The van der Waals surface area contributed by atoms with E-state index in [1.54, 1.807) is 0 Å². The van der Waals surface area contributed by atoms with E-state index in [4.69, 9.17) is 75.0 Å². The van der Waals surface area contributed by atoms with Crippen molar-refractivity contribution in [1.82, 2.24) is 0 Å². The van der Waals surface area contributed by atoms with Gasteiger partial charge in [0.2, 0.25) is 0 Å². The molecule has 10 N–H and O–H groups in total. The van der Waals surface area contributed by atoms with Crippen LogP contribution in [0.25, 0.3) is 0 Å². The molecule has 0 bridgehead atoms. The van der Waals surface area contributed by atoms with Gasteiger partial charge in [0.25, 0.3) is 0 Å². The Balaban J connectivity index is -0.000000000148. The van der Waals surface area contributed by atoms with Crippen LogP contribution in [0.2, 0.25) is 0 Å². The minimum atomic E-state index is -1.83. The molecule has 134 heavy (non-hydrogen) atoms. The molecule has 0 atom stereocenters. The monoisotopic (exact) mass is 16000 g/mol. The molecule has 0 unspecified atom stereocenters. The summed E-state index contributed by atoms with van der Waals surface area (Å²) in [5.41, 5.74) is 0. The summed E-state index contributed by atoms with van der Waals surface area (Å²) in [6, 6.07) is 0. The zero-order chi connectivity index (χ0) is 17.9. The van der Waals surface area contributed by atoms with E-state index in [1.165, 1.54) is 0 Å². The fraction of sp³-hybridized carbons (Fsp3) is 0. The van der Waals surface area contributed by atoms with E-state index in [0.29, 0.717) is 0 Å². The van der Waals surface area contributed by atoms with Crippen LogP contribution >= 0.6 is 0 Å². The third kappa shape index (κ3) is 938. The molecule has 0 spiro atoms. The Bertz CT molecular complexity index is 282. The zero-order valence-electron chi connectivity index (χ0n) is 89.6. The predicted octanol–water partition coefficient (Wildman–Crippen LogP) is -42.3. The molecule has 0 aliphatic rings.